The lowest BCUT2D eigenvalue weighted by Crippen LogP contribution is -2.36. The van der Waals surface area contributed by atoms with Crippen molar-refractivity contribution >= 4 is 0 Å². The fourth-order valence-corrected chi connectivity index (χ4v) is 2.20. The van der Waals surface area contributed by atoms with Crippen LogP contribution in [0.4, 0.5) is 0 Å². The molecular formula is C17H38N2O4. The molecule has 0 aromatic rings. The van der Waals surface area contributed by atoms with E-state index in [2.05, 4.69) is 23.9 Å². The second-order valence-electron chi connectivity index (χ2n) is 6.54. The lowest BCUT2D eigenvalue weighted by Gasteiger charge is -2.30. The van der Waals surface area contributed by atoms with Gasteiger partial charge in [-0.15, -0.1) is 0 Å². The number of hydrogen-bond donors (Lipinski definition) is 0. The van der Waals surface area contributed by atoms with Gasteiger partial charge in [-0.05, 0) is 47.5 Å². The third-order valence-electron chi connectivity index (χ3n) is 4.70. The van der Waals surface area contributed by atoms with Crippen molar-refractivity contribution in [1.29, 1.82) is 0 Å². The van der Waals surface area contributed by atoms with Crippen LogP contribution in [-0.2, 0) is 18.9 Å². The Balaban J connectivity index is 3.88. The summed E-state index contributed by atoms with van der Waals surface area (Å²) < 4.78 is 21.5. The zero-order chi connectivity index (χ0) is 17.9. The molecule has 0 aliphatic heterocycles. The van der Waals surface area contributed by atoms with E-state index in [0.717, 1.165) is 45.4 Å². The average Bonchev–Trinajstić information content (AvgIpc) is 2.57. The zero-order valence-corrected chi connectivity index (χ0v) is 16.5. The molecule has 0 radical (unpaired) electrons. The molecule has 6 nitrogen and oxygen atoms in total. The molecule has 0 atom stereocenters. The molecule has 140 valence electrons. The van der Waals surface area contributed by atoms with E-state index in [1.807, 2.05) is 13.8 Å². The Morgan fingerprint density at radius 2 is 0.913 bits per heavy atom. The van der Waals surface area contributed by atoms with Gasteiger partial charge in [0.05, 0.1) is 0 Å². The Bertz CT molecular complexity index is 266. The fraction of sp³-hybridized carbons (Fsp3) is 1.00. The summed E-state index contributed by atoms with van der Waals surface area (Å²) in [6.45, 7) is 7.95. The van der Waals surface area contributed by atoms with Gasteiger partial charge in [-0.3, -0.25) is 0 Å². The van der Waals surface area contributed by atoms with Gasteiger partial charge < -0.3 is 28.7 Å². The molecule has 0 spiro atoms. The van der Waals surface area contributed by atoms with Gasteiger partial charge >= 0.3 is 0 Å². The summed E-state index contributed by atoms with van der Waals surface area (Å²) in [4.78, 5) is 4.64. The molecule has 0 aliphatic rings. The highest BCUT2D eigenvalue weighted by atomic mass is 16.7. The average molecular weight is 335 g/mol. The van der Waals surface area contributed by atoms with E-state index in [1.54, 1.807) is 28.4 Å². The quantitative estimate of drug-likeness (QED) is 0.453. The summed E-state index contributed by atoms with van der Waals surface area (Å²) in [5, 5.41) is 0. The summed E-state index contributed by atoms with van der Waals surface area (Å²) in [7, 11) is 11.0. The van der Waals surface area contributed by atoms with Crippen LogP contribution in [0.3, 0.4) is 0 Å². The van der Waals surface area contributed by atoms with Crippen LogP contribution >= 0.6 is 0 Å². The fourth-order valence-electron chi connectivity index (χ4n) is 2.20. The molecule has 0 aromatic heterocycles. The SMILES string of the molecule is COC(C)(CCN(C)CCCN(C)CCC(C)(OC)OC)OC. The summed E-state index contributed by atoms with van der Waals surface area (Å²) >= 11 is 0. The van der Waals surface area contributed by atoms with E-state index in [4.69, 9.17) is 18.9 Å². The summed E-state index contributed by atoms with van der Waals surface area (Å²) in [6, 6.07) is 0. The summed E-state index contributed by atoms with van der Waals surface area (Å²) in [6.07, 6.45) is 2.83. The molecule has 0 aliphatic carbocycles. The highest BCUT2D eigenvalue weighted by molar-refractivity contribution is 4.67. The molecule has 23 heavy (non-hydrogen) atoms. The van der Waals surface area contributed by atoms with Crippen LogP contribution in [0.25, 0.3) is 0 Å². The van der Waals surface area contributed by atoms with Crippen LogP contribution in [0.15, 0.2) is 0 Å². The Hall–Kier alpha value is -0.240. The maximum absolute atomic E-state index is 5.38. The first-order chi connectivity index (χ1) is 10.7. The molecular weight excluding hydrogens is 296 g/mol. The van der Waals surface area contributed by atoms with Crippen molar-refractivity contribution in [3.63, 3.8) is 0 Å². The Morgan fingerprint density at radius 1 is 0.609 bits per heavy atom. The molecule has 6 heteroatoms. The number of methoxy groups -OCH3 is 4. The maximum Gasteiger partial charge on any atom is 0.165 e. The van der Waals surface area contributed by atoms with Gasteiger partial charge in [0.25, 0.3) is 0 Å². The number of ether oxygens (including phenoxy) is 4. The minimum Gasteiger partial charge on any atom is -0.353 e. The normalized spacial score (nSPS) is 13.3. The highest BCUT2D eigenvalue weighted by Crippen LogP contribution is 2.16. The molecule has 0 N–H and O–H groups in total. The van der Waals surface area contributed by atoms with E-state index in [0.29, 0.717) is 0 Å². The van der Waals surface area contributed by atoms with Crippen molar-refractivity contribution < 1.29 is 18.9 Å². The van der Waals surface area contributed by atoms with Crippen LogP contribution in [0, 0.1) is 0 Å². The summed E-state index contributed by atoms with van der Waals surface area (Å²) in [5.41, 5.74) is 0. The molecule has 0 aromatic carbocycles. The highest BCUT2D eigenvalue weighted by Gasteiger charge is 2.23. The van der Waals surface area contributed by atoms with Crippen molar-refractivity contribution in [2.24, 2.45) is 0 Å². The maximum atomic E-state index is 5.38. The molecule has 0 saturated heterocycles. The lowest BCUT2D eigenvalue weighted by atomic mass is 10.2. The Labute approximate surface area is 143 Å². The second kappa shape index (κ2) is 11.3. The monoisotopic (exact) mass is 334 g/mol. The van der Waals surface area contributed by atoms with E-state index >= 15 is 0 Å². The smallest absolute Gasteiger partial charge is 0.165 e. The van der Waals surface area contributed by atoms with Crippen molar-refractivity contribution in [3.8, 4) is 0 Å². The molecule has 0 saturated carbocycles. The van der Waals surface area contributed by atoms with Gasteiger partial charge in [-0.25, -0.2) is 0 Å². The third-order valence-corrected chi connectivity index (χ3v) is 4.70. The van der Waals surface area contributed by atoms with E-state index in [-0.39, 0.29) is 0 Å². The molecule has 0 fully saturated rings. The van der Waals surface area contributed by atoms with E-state index in [9.17, 15) is 0 Å². The number of hydrogen-bond acceptors (Lipinski definition) is 6. The first-order valence-electron chi connectivity index (χ1n) is 8.32. The predicted molar refractivity (Wildman–Crippen MR) is 93.7 cm³/mol. The van der Waals surface area contributed by atoms with Gasteiger partial charge in [-0.1, -0.05) is 0 Å². The second-order valence-corrected chi connectivity index (χ2v) is 6.54. The number of rotatable bonds is 14. The largest absolute Gasteiger partial charge is 0.353 e. The van der Waals surface area contributed by atoms with Crippen LogP contribution in [0.5, 0.6) is 0 Å². The Kier molecular flexibility index (Phi) is 11.2. The topological polar surface area (TPSA) is 43.4 Å². The first kappa shape index (κ1) is 22.8. The molecule has 0 bridgehead atoms. The van der Waals surface area contributed by atoms with E-state index in [1.165, 1.54) is 0 Å². The third kappa shape index (κ3) is 9.59. The van der Waals surface area contributed by atoms with Gasteiger partial charge in [-0.2, -0.15) is 0 Å². The first-order valence-corrected chi connectivity index (χ1v) is 8.32. The standard InChI is InChI=1S/C17H38N2O4/c1-16(20-5,21-6)10-14-18(3)12-9-13-19(4)15-11-17(2,22-7)23-8/h9-15H2,1-8H3. The van der Waals surface area contributed by atoms with Gasteiger partial charge in [0.15, 0.2) is 11.6 Å². The van der Waals surface area contributed by atoms with Crippen LogP contribution in [0.1, 0.15) is 33.1 Å². The molecule has 0 amide bonds. The van der Waals surface area contributed by atoms with E-state index < -0.39 is 11.6 Å². The van der Waals surface area contributed by atoms with Gasteiger partial charge in [0, 0.05) is 54.4 Å². The lowest BCUT2D eigenvalue weighted by molar-refractivity contribution is -0.198. The minimum absolute atomic E-state index is 0.490. The van der Waals surface area contributed by atoms with Gasteiger partial charge in [0.2, 0.25) is 0 Å². The Morgan fingerprint density at radius 3 is 1.17 bits per heavy atom. The van der Waals surface area contributed by atoms with Gasteiger partial charge in [0.1, 0.15) is 0 Å². The van der Waals surface area contributed by atoms with Crippen LogP contribution in [-0.4, -0.2) is 90.1 Å². The van der Waals surface area contributed by atoms with Crippen molar-refractivity contribution in [1.82, 2.24) is 9.80 Å². The zero-order valence-electron chi connectivity index (χ0n) is 16.5. The molecule has 0 heterocycles. The van der Waals surface area contributed by atoms with Crippen LogP contribution < -0.4 is 0 Å². The predicted octanol–water partition coefficient (Wildman–Crippen LogP) is 2.04. The minimum atomic E-state index is -0.490. The van der Waals surface area contributed by atoms with Crippen LogP contribution in [0.2, 0.25) is 0 Å². The molecule has 0 unspecified atom stereocenters. The molecule has 0 rings (SSSR count). The van der Waals surface area contributed by atoms with Crippen molar-refractivity contribution in [2.45, 2.75) is 44.7 Å². The van der Waals surface area contributed by atoms with Crippen molar-refractivity contribution in [3.05, 3.63) is 0 Å². The number of nitrogens with zero attached hydrogens (tertiary/aromatic N) is 2. The summed E-state index contributed by atoms with van der Waals surface area (Å²) in [5.74, 6) is -0.981. The van der Waals surface area contributed by atoms with Crippen molar-refractivity contribution in [2.75, 3.05) is 68.7 Å².